The molecule has 0 bridgehead atoms. The molecule has 4 heteroatoms. The Morgan fingerprint density at radius 1 is 1.15 bits per heavy atom. The van der Waals surface area contributed by atoms with Gasteiger partial charge in [0.1, 0.15) is 11.6 Å². The van der Waals surface area contributed by atoms with E-state index >= 15 is 0 Å². The van der Waals surface area contributed by atoms with E-state index < -0.39 is 0 Å². The van der Waals surface area contributed by atoms with Gasteiger partial charge in [-0.3, -0.25) is 4.90 Å². The van der Waals surface area contributed by atoms with Crippen LogP contribution < -0.4 is 10.5 Å². The summed E-state index contributed by atoms with van der Waals surface area (Å²) in [7, 11) is 3.63. The van der Waals surface area contributed by atoms with E-state index in [0.717, 1.165) is 23.4 Å². The molecule has 0 heterocycles. The first-order valence-corrected chi connectivity index (χ1v) is 6.44. The van der Waals surface area contributed by atoms with Crippen molar-refractivity contribution in [2.24, 2.45) is 0 Å². The third-order valence-electron chi connectivity index (χ3n) is 3.17. The lowest BCUT2D eigenvalue weighted by molar-refractivity contribution is 0.318. The first kappa shape index (κ1) is 14.3. The number of benzene rings is 2. The fourth-order valence-corrected chi connectivity index (χ4v) is 2.15. The smallest absolute Gasteiger partial charge is 0.146 e. The molecule has 2 rings (SSSR count). The third-order valence-corrected chi connectivity index (χ3v) is 3.17. The van der Waals surface area contributed by atoms with Gasteiger partial charge < -0.3 is 10.5 Å². The summed E-state index contributed by atoms with van der Waals surface area (Å²) in [4.78, 5) is 2.08. The zero-order valence-corrected chi connectivity index (χ0v) is 11.8. The van der Waals surface area contributed by atoms with Gasteiger partial charge in [-0.15, -0.1) is 0 Å². The minimum absolute atomic E-state index is 0.227. The highest BCUT2D eigenvalue weighted by Crippen LogP contribution is 2.19. The number of hydrogen-bond donors (Lipinski definition) is 1. The van der Waals surface area contributed by atoms with Gasteiger partial charge in [-0.1, -0.05) is 24.3 Å². The fourth-order valence-electron chi connectivity index (χ4n) is 2.15. The van der Waals surface area contributed by atoms with Crippen LogP contribution in [0.2, 0.25) is 0 Å². The summed E-state index contributed by atoms with van der Waals surface area (Å²) < 4.78 is 18.6. The Hall–Kier alpha value is -2.07. The molecule has 2 aromatic rings. The molecule has 0 saturated carbocycles. The van der Waals surface area contributed by atoms with Gasteiger partial charge in [-0.25, -0.2) is 4.39 Å². The van der Waals surface area contributed by atoms with Crippen molar-refractivity contribution in [2.75, 3.05) is 19.9 Å². The maximum Gasteiger partial charge on any atom is 0.146 e. The van der Waals surface area contributed by atoms with E-state index in [0.29, 0.717) is 6.54 Å². The second-order valence-corrected chi connectivity index (χ2v) is 4.84. The summed E-state index contributed by atoms with van der Waals surface area (Å²) in [6.07, 6.45) is 0. The molecule has 2 N–H and O–H groups in total. The van der Waals surface area contributed by atoms with Crippen molar-refractivity contribution in [3.63, 3.8) is 0 Å². The quantitative estimate of drug-likeness (QED) is 0.852. The topological polar surface area (TPSA) is 38.5 Å². The lowest BCUT2D eigenvalue weighted by Gasteiger charge is -2.18. The van der Waals surface area contributed by atoms with E-state index in [2.05, 4.69) is 4.90 Å². The number of nitrogens with zero attached hydrogens (tertiary/aromatic N) is 1. The Bertz CT molecular complexity index is 586. The van der Waals surface area contributed by atoms with Crippen LogP contribution in [0.25, 0.3) is 0 Å². The Balaban J connectivity index is 2.05. The zero-order chi connectivity index (χ0) is 14.5. The van der Waals surface area contributed by atoms with Crippen LogP contribution >= 0.6 is 0 Å². The number of anilines is 1. The average molecular weight is 274 g/mol. The highest BCUT2D eigenvalue weighted by molar-refractivity contribution is 5.47. The van der Waals surface area contributed by atoms with Gasteiger partial charge in [0.15, 0.2) is 0 Å². The fraction of sp³-hybridized carbons (Fsp3) is 0.250. The average Bonchev–Trinajstić information content (AvgIpc) is 2.44. The predicted octanol–water partition coefficient (Wildman–Crippen LogP) is 3.05. The standard InChI is InChI=1S/C16H19FN2O/c1-19(10-12-5-3-7-14(9-12)20-2)11-13-6-4-8-15(17)16(13)18/h3-9H,10-11,18H2,1-2H3. The summed E-state index contributed by atoms with van der Waals surface area (Å²) in [6.45, 7) is 1.34. The van der Waals surface area contributed by atoms with Crippen LogP contribution in [-0.2, 0) is 13.1 Å². The normalized spacial score (nSPS) is 10.8. The van der Waals surface area contributed by atoms with Crippen LogP contribution in [0.15, 0.2) is 42.5 Å². The molecule has 106 valence electrons. The van der Waals surface area contributed by atoms with Gasteiger partial charge in [-0.2, -0.15) is 0 Å². The summed E-state index contributed by atoms with van der Waals surface area (Å²) in [5, 5.41) is 0. The van der Waals surface area contributed by atoms with Crippen molar-refractivity contribution >= 4 is 5.69 Å². The Kier molecular flexibility index (Phi) is 4.58. The van der Waals surface area contributed by atoms with Crippen molar-refractivity contribution in [3.05, 3.63) is 59.4 Å². The van der Waals surface area contributed by atoms with E-state index in [4.69, 9.17) is 10.5 Å². The third kappa shape index (κ3) is 3.48. The number of ether oxygens (including phenoxy) is 1. The van der Waals surface area contributed by atoms with Crippen LogP contribution in [0.1, 0.15) is 11.1 Å². The zero-order valence-electron chi connectivity index (χ0n) is 11.8. The first-order valence-electron chi connectivity index (χ1n) is 6.44. The van der Waals surface area contributed by atoms with E-state index in [1.807, 2.05) is 37.4 Å². The Morgan fingerprint density at radius 3 is 2.65 bits per heavy atom. The molecule has 0 aromatic heterocycles. The summed E-state index contributed by atoms with van der Waals surface area (Å²) in [5.74, 6) is 0.471. The maximum absolute atomic E-state index is 13.4. The van der Waals surface area contributed by atoms with Gasteiger partial charge in [0, 0.05) is 13.1 Å². The van der Waals surface area contributed by atoms with Crippen LogP contribution in [0, 0.1) is 5.82 Å². The molecule has 0 saturated heterocycles. The molecule has 0 spiro atoms. The largest absolute Gasteiger partial charge is 0.497 e. The van der Waals surface area contributed by atoms with Crippen molar-refractivity contribution in [1.29, 1.82) is 0 Å². The maximum atomic E-state index is 13.4. The first-order chi connectivity index (χ1) is 9.60. The molecule has 0 aliphatic carbocycles. The minimum Gasteiger partial charge on any atom is -0.497 e. The number of nitrogens with two attached hydrogens (primary N) is 1. The number of halogens is 1. The molecule has 2 aromatic carbocycles. The van der Waals surface area contributed by atoms with Crippen LogP contribution in [0.4, 0.5) is 10.1 Å². The molecule has 0 atom stereocenters. The SMILES string of the molecule is COc1cccc(CN(C)Cc2cccc(F)c2N)c1. The van der Waals surface area contributed by atoms with Crippen LogP contribution in [0.3, 0.4) is 0 Å². The number of rotatable bonds is 5. The van der Waals surface area contributed by atoms with Gasteiger partial charge in [0.05, 0.1) is 12.8 Å². The number of methoxy groups -OCH3 is 1. The summed E-state index contributed by atoms with van der Waals surface area (Å²) in [6, 6.07) is 12.8. The van der Waals surface area contributed by atoms with Crippen LogP contribution in [-0.4, -0.2) is 19.1 Å². The Labute approximate surface area is 118 Å². The minimum atomic E-state index is -0.364. The molecule has 0 amide bonds. The molecule has 20 heavy (non-hydrogen) atoms. The van der Waals surface area contributed by atoms with E-state index in [1.54, 1.807) is 13.2 Å². The predicted molar refractivity (Wildman–Crippen MR) is 79.0 cm³/mol. The van der Waals surface area contributed by atoms with Gasteiger partial charge in [0.2, 0.25) is 0 Å². The van der Waals surface area contributed by atoms with Gasteiger partial charge in [0.25, 0.3) is 0 Å². The number of para-hydroxylation sites is 1. The highest BCUT2D eigenvalue weighted by Gasteiger charge is 2.08. The van der Waals surface area contributed by atoms with E-state index in [1.165, 1.54) is 6.07 Å². The number of hydrogen-bond acceptors (Lipinski definition) is 3. The molecule has 0 unspecified atom stereocenters. The molecule has 0 radical (unpaired) electrons. The monoisotopic (exact) mass is 274 g/mol. The molecule has 0 aliphatic heterocycles. The van der Waals surface area contributed by atoms with E-state index in [9.17, 15) is 4.39 Å². The molecule has 0 fully saturated rings. The molecular formula is C16H19FN2O. The van der Waals surface area contributed by atoms with Gasteiger partial charge in [-0.05, 0) is 36.4 Å². The lowest BCUT2D eigenvalue weighted by atomic mass is 10.1. The molecular weight excluding hydrogens is 255 g/mol. The highest BCUT2D eigenvalue weighted by atomic mass is 19.1. The Morgan fingerprint density at radius 2 is 1.90 bits per heavy atom. The molecule has 0 aliphatic rings. The van der Waals surface area contributed by atoms with Crippen molar-refractivity contribution < 1.29 is 9.13 Å². The molecule has 3 nitrogen and oxygen atoms in total. The van der Waals surface area contributed by atoms with Crippen LogP contribution in [0.5, 0.6) is 5.75 Å². The van der Waals surface area contributed by atoms with Crippen molar-refractivity contribution in [1.82, 2.24) is 4.90 Å². The van der Waals surface area contributed by atoms with Crippen molar-refractivity contribution in [3.8, 4) is 5.75 Å². The van der Waals surface area contributed by atoms with Gasteiger partial charge >= 0.3 is 0 Å². The summed E-state index contributed by atoms with van der Waals surface area (Å²) in [5.41, 5.74) is 7.92. The van der Waals surface area contributed by atoms with E-state index in [-0.39, 0.29) is 11.5 Å². The lowest BCUT2D eigenvalue weighted by Crippen LogP contribution is -2.18. The number of nitrogen functional groups attached to an aromatic ring is 1. The van der Waals surface area contributed by atoms with Crippen molar-refractivity contribution in [2.45, 2.75) is 13.1 Å². The summed E-state index contributed by atoms with van der Waals surface area (Å²) >= 11 is 0. The second kappa shape index (κ2) is 6.39. The second-order valence-electron chi connectivity index (χ2n) is 4.84.